The van der Waals surface area contributed by atoms with E-state index in [1.165, 1.54) is 25.8 Å². The highest BCUT2D eigenvalue weighted by molar-refractivity contribution is 5.83. The Balaban J connectivity index is 2.29. The minimum absolute atomic E-state index is 0.0525. The molecular weight excluding hydrogens is 250 g/mol. The van der Waals surface area contributed by atoms with Crippen LogP contribution in [0.2, 0.25) is 0 Å². The van der Waals surface area contributed by atoms with Gasteiger partial charge in [0.25, 0.3) is 0 Å². The lowest BCUT2D eigenvalue weighted by Gasteiger charge is -2.37. The van der Waals surface area contributed by atoms with E-state index in [9.17, 15) is 4.79 Å². The molecule has 1 saturated heterocycles. The van der Waals surface area contributed by atoms with E-state index < -0.39 is 11.0 Å². The lowest BCUT2D eigenvalue weighted by atomic mass is 9.74. The number of carbonyl (C=O) groups is 1. The Hall–Kier alpha value is -0.610. The van der Waals surface area contributed by atoms with E-state index in [-0.39, 0.29) is 5.91 Å². The van der Waals surface area contributed by atoms with E-state index in [4.69, 9.17) is 5.73 Å². The highest BCUT2D eigenvalue weighted by Crippen LogP contribution is 2.28. The number of hydrogen-bond acceptors (Lipinski definition) is 3. The molecule has 1 aliphatic rings. The van der Waals surface area contributed by atoms with E-state index in [1.54, 1.807) is 0 Å². The summed E-state index contributed by atoms with van der Waals surface area (Å²) in [6, 6.07) is 0.693. The Morgan fingerprint density at radius 2 is 1.95 bits per heavy atom. The van der Waals surface area contributed by atoms with Crippen LogP contribution in [-0.4, -0.2) is 42.0 Å². The number of rotatable bonds is 6. The maximum absolute atomic E-state index is 12.2. The second kappa shape index (κ2) is 6.90. The number of nitrogens with zero attached hydrogens (tertiary/aromatic N) is 1. The van der Waals surface area contributed by atoms with Crippen molar-refractivity contribution < 1.29 is 4.79 Å². The maximum Gasteiger partial charge on any atom is 0.227 e. The minimum atomic E-state index is -0.550. The third kappa shape index (κ3) is 4.45. The van der Waals surface area contributed by atoms with Gasteiger partial charge >= 0.3 is 0 Å². The zero-order valence-corrected chi connectivity index (χ0v) is 14.0. The van der Waals surface area contributed by atoms with Crippen LogP contribution < -0.4 is 11.1 Å². The molecule has 0 bridgehead atoms. The third-order valence-corrected chi connectivity index (χ3v) is 5.03. The molecule has 1 aliphatic heterocycles. The van der Waals surface area contributed by atoms with Crippen molar-refractivity contribution in [1.29, 1.82) is 0 Å². The number of nitrogens with one attached hydrogen (secondary N) is 1. The summed E-state index contributed by atoms with van der Waals surface area (Å²) in [6.45, 7) is 13.0. The number of carbonyl (C=O) groups excluding carboxylic acids is 1. The number of nitrogens with two attached hydrogens (primary N) is 1. The van der Waals surface area contributed by atoms with Crippen LogP contribution in [0.1, 0.15) is 60.3 Å². The number of likely N-dealkylation sites (tertiary alicyclic amines) is 1. The average Bonchev–Trinajstić information content (AvgIpc) is 2.34. The van der Waals surface area contributed by atoms with Gasteiger partial charge in [-0.05, 0) is 60.4 Å². The van der Waals surface area contributed by atoms with Crippen LogP contribution in [0.4, 0.5) is 0 Å². The molecule has 0 spiro atoms. The molecule has 1 rings (SSSR count). The van der Waals surface area contributed by atoms with Gasteiger partial charge in [-0.1, -0.05) is 6.42 Å². The predicted molar refractivity (Wildman–Crippen MR) is 84.6 cm³/mol. The molecule has 1 heterocycles. The lowest BCUT2D eigenvalue weighted by molar-refractivity contribution is -0.132. The van der Waals surface area contributed by atoms with Gasteiger partial charge in [-0.2, -0.15) is 0 Å². The van der Waals surface area contributed by atoms with E-state index in [2.05, 4.69) is 17.1 Å². The van der Waals surface area contributed by atoms with Gasteiger partial charge in [-0.15, -0.1) is 0 Å². The molecule has 1 unspecified atom stereocenters. The molecular formula is C16H33N3O. The standard InChI is InChI=1S/C16H33N3O/c1-13-9-6-7-11-19(13)12-8-10-18-14(20)15(2,3)16(4,5)17/h13H,6-12,17H2,1-5H3,(H,18,20). The summed E-state index contributed by atoms with van der Waals surface area (Å²) in [7, 11) is 0. The van der Waals surface area contributed by atoms with Gasteiger partial charge < -0.3 is 16.0 Å². The van der Waals surface area contributed by atoms with Crippen LogP contribution >= 0.6 is 0 Å². The monoisotopic (exact) mass is 283 g/mol. The van der Waals surface area contributed by atoms with Crippen molar-refractivity contribution in [3.8, 4) is 0 Å². The van der Waals surface area contributed by atoms with E-state index in [0.29, 0.717) is 6.04 Å². The Kier molecular flexibility index (Phi) is 6.02. The van der Waals surface area contributed by atoms with Crippen molar-refractivity contribution in [2.75, 3.05) is 19.6 Å². The van der Waals surface area contributed by atoms with Crippen LogP contribution in [-0.2, 0) is 4.79 Å². The van der Waals surface area contributed by atoms with Gasteiger partial charge in [0.15, 0.2) is 0 Å². The fourth-order valence-electron chi connectivity index (χ4n) is 2.49. The molecule has 118 valence electrons. The molecule has 1 atom stereocenters. The van der Waals surface area contributed by atoms with Gasteiger partial charge in [0.05, 0.1) is 5.41 Å². The minimum Gasteiger partial charge on any atom is -0.356 e. The molecule has 0 aliphatic carbocycles. The smallest absolute Gasteiger partial charge is 0.227 e. The normalized spacial score (nSPS) is 21.8. The first-order valence-electron chi connectivity index (χ1n) is 7.97. The fraction of sp³-hybridized carbons (Fsp3) is 0.938. The van der Waals surface area contributed by atoms with Gasteiger partial charge in [-0.25, -0.2) is 0 Å². The first-order chi connectivity index (χ1) is 9.16. The predicted octanol–water partition coefficient (Wildman–Crippen LogP) is 2.13. The molecule has 1 fully saturated rings. The van der Waals surface area contributed by atoms with Gasteiger partial charge in [0.1, 0.15) is 0 Å². The summed E-state index contributed by atoms with van der Waals surface area (Å²) >= 11 is 0. The van der Waals surface area contributed by atoms with Crippen LogP contribution in [0.25, 0.3) is 0 Å². The Labute approximate surface area is 124 Å². The molecule has 4 nitrogen and oxygen atoms in total. The number of piperidine rings is 1. The summed E-state index contributed by atoms with van der Waals surface area (Å²) in [5.41, 5.74) is 5.02. The summed E-state index contributed by atoms with van der Waals surface area (Å²) in [4.78, 5) is 14.8. The zero-order valence-electron chi connectivity index (χ0n) is 14.0. The fourth-order valence-corrected chi connectivity index (χ4v) is 2.49. The first kappa shape index (κ1) is 17.4. The maximum atomic E-state index is 12.2. The van der Waals surface area contributed by atoms with Crippen LogP contribution in [0, 0.1) is 5.41 Å². The zero-order chi connectivity index (χ0) is 15.4. The van der Waals surface area contributed by atoms with Crippen molar-refractivity contribution in [3.63, 3.8) is 0 Å². The number of amides is 1. The molecule has 20 heavy (non-hydrogen) atoms. The second-order valence-corrected chi connectivity index (χ2v) is 7.34. The second-order valence-electron chi connectivity index (χ2n) is 7.34. The molecule has 0 aromatic rings. The van der Waals surface area contributed by atoms with Crippen molar-refractivity contribution >= 4 is 5.91 Å². The van der Waals surface area contributed by atoms with E-state index in [0.717, 1.165) is 19.5 Å². The van der Waals surface area contributed by atoms with Gasteiger partial charge in [-0.3, -0.25) is 4.79 Å². The first-order valence-corrected chi connectivity index (χ1v) is 7.97. The van der Waals surface area contributed by atoms with Crippen molar-refractivity contribution in [2.45, 2.75) is 71.9 Å². The molecule has 3 N–H and O–H groups in total. The molecule has 0 aromatic carbocycles. The van der Waals surface area contributed by atoms with Crippen molar-refractivity contribution in [3.05, 3.63) is 0 Å². The Morgan fingerprint density at radius 1 is 1.30 bits per heavy atom. The molecule has 1 amide bonds. The molecule has 0 aromatic heterocycles. The lowest BCUT2D eigenvalue weighted by Crippen LogP contribution is -2.55. The highest BCUT2D eigenvalue weighted by atomic mass is 16.2. The molecule has 4 heteroatoms. The SMILES string of the molecule is CC1CCCCN1CCCNC(=O)C(C)(C)C(C)(C)N. The van der Waals surface area contributed by atoms with E-state index >= 15 is 0 Å². The molecule has 0 saturated carbocycles. The summed E-state index contributed by atoms with van der Waals surface area (Å²) in [5.74, 6) is 0.0525. The van der Waals surface area contributed by atoms with Crippen LogP contribution in [0.3, 0.4) is 0 Å². The van der Waals surface area contributed by atoms with Crippen LogP contribution in [0.5, 0.6) is 0 Å². The highest BCUT2D eigenvalue weighted by Gasteiger charge is 2.40. The van der Waals surface area contributed by atoms with Crippen LogP contribution in [0.15, 0.2) is 0 Å². The van der Waals surface area contributed by atoms with Crippen molar-refractivity contribution in [1.82, 2.24) is 10.2 Å². The Morgan fingerprint density at radius 3 is 2.50 bits per heavy atom. The third-order valence-electron chi connectivity index (χ3n) is 5.03. The topological polar surface area (TPSA) is 58.4 Å². The number of hydrogen-bond donors (Lipinski definition) is 2. The quantitative estimate of drug-likeness (QED) is 0.734. The van der Waals surface area contributed by atoms with E-state index in [1.807, 2.05) is 27.7 Å². The molecule has 0 radical (unpaired) electrons. The van der Waals surface area contributed by atoms with Gasteiger partial charge in [0.2, 0.25) is 5.91 Å². The Bertz CT molecular complexity index is 320. The average molecular weight is 283 g/mol. The van der Waals surface area contributed by atoms with Crippen molar-refractivity contribution in [2.24, 2.45) is 11.1 Å². The largest absolute Gasteiger partial charge is 0.356 e. The summed E-state index contributed by atoms with van der Waals surface area (Å²) < 4.78 is 0. The summed E-state index contributed by atoms with van der Waals surface area (Å²) in [6.07, 6.45) is 4.98. The van der Waals surface area contributed by atoms with Gasteiger partial charge in [0, 0.05) is 24.7 Å². The summed E-state index contributed by atoms with van der Waals surface area (Å²) in [5, 5.41) is 3.04.